The van der Waals surface area contributed by atoms with Crippen LogP contribution in [0, 0.1) is 0 Å². The van der Waals surface area contributed by atoms with Gasteiger partial charge in [-0.1, -0.05) is 6.92 Å². The number of carboxylic acids is 1. The summed E-state index contributed by atoms with van der Waals surface area (Å²) >= 11 is 1.63. The molecule has 25 heavy (non-hydrogen) atoms. The Morgan fingerprint density at radius 3 is 2.52 bits per heavy atom. The number of hydrogen-bond donors (Lipinski definition) is 1. The molecule has 0 spiro atoms. The van der Waals surface area contributed by atoms with Crippen LogP contribution in [0.15, 0.2) is 12.1 Å². The molecule has 2 unspecified atom stereocenters. The second kappa shape index (κ2) is 8.47. The van der Waals surface area contributed by atoms with E-state index in [-0.39, 0.29) is 17.6 Å². The van der Waals surface area contributed by atoms with Gasteiger partial charge in [-0.15, -0.1) is 0 Å². The molecular formula is C18H25NO5S. The molecule has 0 saturated heterocycles. The summed E-state index contributed by atoms with van der Waals surface area (Å²) in [6.07, 6.45) is 2.92. The molecule has 2 rings (SSSR count). The van der Waals surface area contributed by atoms with Crippen LogP contribution < -0.4 is 9.47 Å². The molecule has 1 aromatic rings. The van der Waals surface area contributed by atoms with Crippen molar-refractivity contribution in [3.8, 4) is 11.5 Å². The monoisotopic (exact) mass is 367 g/mol. The van der Waals surface area contributed by atoms with Gasteiger partial charge < -0.3 is 19.5 Å². The van der Waals surface area contributed by atoms with E-state index in [1.807, 2.05) is 19.2 Å². The van der Waals surface area contributed by atoms with Crippen molar-refractivity contribution in [3.63, 3.8) is 0 Å². The second-order valence-corrected chi connectivity index (χ2v) is 7.38. The minimum Gasteiger partial charge on any atom is -0.493 e. The molecule has 0 bridgehead atoms. The standard InChI is InChI=1S/C18H25NO5S/c1-11(25-4)7-17(20)19-6-5-12-8-15(23-2)16(24-3)9-13(12)14(19)10-18(21)22/h8-9,11,14H,5-7,10H2,1-4H3,(H,21,22). The van der Waals surface area contributed by atoms with Crippen LogP contribution in [0.2, 0.25) is 0 Å². The van der Waals surface area contributed by atoms with Gasteiger partial charge in [-0.25, -0.2) is 0 Å². The summed E-state index contributed by atoms with van der Waals surface area (Å²) in [5.74, 6) is 0.228. The van der Waals surface area contributed by atoms with Gasteiger partial charge in [-0.2, -0.15) is 11.8 Å². The predicted molar refractivity (Wildman–Crippen MR) is 97.6 cm³/mol. The maximum atomic E-state index is 12.7. The van der Waals surface area contributed by atoms with Gasteiger partial charge in [0.05, 0.1) is 26.7 Å². The molecule has 0 fully saturated rings. The lowest BCUT2D eigenvalue weighted by atomic mass is 9.89. The van der Waals surface area contributed by atoms with E-state index >= 15 is 0 Å². The maximum Gasteiger partial charge on any atom is 0.305 e. The van der Waals surface area contributed by atoms with Crippen molar-refractivity contribution in [1.82, 2.24) is 4.90 Å². The topological polar surface area (TPSA) is 76.1 Å². The maximum absolute atomic E-state index is 12.7. The number of fused-ring (bicyclic) bond motifs is 1. The average molecular weight is 367 g/mol. The highest BCUT2D eigenvalue weighted by atomic mass is 32.2. The molecule has 0 aromatic heterocycles. The lowest BCUT2D eigenvalue weighted by Crippen LogP contribution is -2.41. The second-order valence-electron chi connectivity index (χ2n) is 6.11. The molecule has 1 amide bonds. The molecule has 1 aromatic carbocycles. The highest BCUT2D eigenvalue weighted by Gasteiger charge is 2.33. The average Bonchev–Trinajstić information content (AvgIpc) is 2.59. The van der Waals surface area contributed by atoms with E-state index in [0.29, 0.717) is 30.9 Å². The fraction of sp³-hybridized carbons (Fsp3) is 0.556. The van der Waals surface area contributed by atoms with Gasteiger partial charge in [0.2, 0.25) is 5.91 Å². The van der Waals surface area contributed by atoms with Crippen LogP contribution in [-0.4, -0.2) is 54.2 Å². The van der Waals surface area contributed by atoms with E-state index < -0.39 is 12.0 Å². The van der Waals surface area contributed by atoms with Crippen molar-refractivity contribution in [2.24, 2.45) is 0 Å². The normalized spacial score (nSPS) is 17.6. The van der Waals surface area contributed by atoms with Gasteiger partial charge in [0.1, 0.15) is 0 Å². The molecular weight excluding hydrogens is 342 g/mol. The molecule has 1 aliphatic rings. The number of thioether (sulfide) groups is 1. The van der Waals surface area contributed by atoms with Crippen LogP contribution >= 0.6 is 11.8 Å². The van der Waals surface area contributed by atoms with Crippen molar-refractivity contribution in [3.05, 3.63) is 23.3 Å². The van der Waals surface area contributed by atoms with E-state index in [0.717, 1.165) is 11.1 Å². The Balaban J connectivity index is 2.40. The van der Waals surface area contributed by atoms with Crippen molar-refractivity contribution in [2.45, 2.75) is 37.5 Å². The Morgan fingerprint density at radius 2 is 1.96 bits per heavy atom. The van der Waals surface area contributed by atoms with Crippen molar-refractivity contribution < 1.29 is 24.2 Å². The first-order chi connectivity index (χ1) is 11.9. The minimum atomic E-state index is -0.927. The number of methoxy groups -OCH3 is 2. The number of carboxylic acid groups (broad SMARTS) is 1. The first kappa shape index (κ1) is 19.4. The molecule has 2 atom stereocenters. The molecule has 6 nitrogen and oxygen atoms in total. The van der Waals surface area contributed by atoms with Gasteiger partial charge in [0.25, 0.3) is 0 Å². The number of amides is 1. The predicted octanol–water partition coefficient (Wildman–Crippen LogP) is 2.75. The molecule has 0 radical (unpaired) electrons. The highest BCUT2D eigenvalue weighted by Crippen LogP contribution is 2.39. The summed E-state index contributed by atoms with van der Waals surface area (Å²) in [6, 6.07) is 3.21. The first-order valence-corrected chi connectivity index (χ1v) is 9.48. The fourth-order valence-corrected chi connectivity index (χ4v) is 3.47. The lowest BCUT2D eigenvalue weighted by Gasteiger charge is -2.37. The lowest BCUT2D eigenvalue weighted by molar-refractivity contribution is -0.141. The first-order valence-electron chi connectivity index (χ1n) is 8.20. The molecule has 1 heterocycles. The number of nitrogens with zero attached hydrogens (tertiary/aromatic N) is 1. The zero-order chi connectivity index (χ0) is 18.6. The molecule has 7 heteroatoms. The summed E-state index contributed by atoms with van der Waals surface area (Å²) in [7, 11) is 3.11. The molecule has 138 valence electrons. The van der Waals surface area contributed by atoms with Gasteiger partial charge >= 0.3 is 5.97 Å². The third kappa shape index (κ3) is 4.39. The molecule has 1 N–H and O–H groups in total. The molecule has 1 aliphatic heterocycles. The Hall–Kier alpha value is -1.89. The number of carbonyl (C=O) groups is 2. The highest BCUT2D eigenvalue weighted by molar-refractivity contribution is 7.99. The van der Waals surface area contributed by atoms with Gasteiger partial charge in [-0.3, -0.25) is 9.59 Å². The van der Waals surface area contributed by atoms with Crippen LogP contribution in [0.5, 0.6) is 11.5 Å². The summed E-state index contributed by atoms with van der Waals surface area (Å²) in [5.41, 5.74) is 1.84. The van der Waals surface area contributed by atoms with E-state index in [4.69, 9.17) is 9.47 Å². The smallest absolute Gasteiger partial charge is 0.305 e. The van der Waals surface area contributed by atoms with E-state index in [1.54, 1.807) is 36.9 Å². The van der Waals surface area contributed by atoms with Crippen molar-refractivity contribution >= 4 is 23.6 Å². The zero-order valence-electron chi connectivity index (χ0n) is 15.1. The largest absolute Gasteiger partial charge is 0.493 e. The van der Waals surface area contributed by atoms with Crippen LogP contribution in [0.3, 0.4) is 0 Å². The molecule has 0 saturated carbocycles. The molecule has 0 aliphatic carbocycles. The Morgan fingerprint density at radius 1 is 1.32 bits per heavy atom. The summed E-state index contributed by atoms with van der Waals surface area (Å²) in [5, 5.41) is 9.55. The van der Waals surface area contributed by atoms with E-state index in [2.05, 4.69) is 0 Å². The summed E-state index contributed by atoms with van der Waals surface area (Å²) < 4.78 is 10.7. The SMILES string of the molecule is COc1cc2c(cc1OC)C(CC(=O)O)N(C(=O)CC(C)SC)CC2. The number of aliphatic carboxylic acids is 1. The van der Waals surface area contributed by atoms with Crippen LogP contribution in [0.1, 0.15) is 36.9 Å². The van der Waals surface area contributed by atoms with Crippen molar-refractivity contribution in [2.75, 3.05) is 27.0 Å². The van der Waals surface area contributed by atoms with Crippen molar-refractivity contribution in [1.29, 1.82) is 0 Å². The third-order valence-corrected chi connectivity index (χ3v) is 5.53. The Labute approximate surface area is 152 Å². The summed E-state index contributed by atoms with van der Waals surface area (Å²) in [4.78, 5) is 25.8. The zero-order valence-corrected chi connectivity index (χ0v) is 15.9. The van der Waals surface area contributed by atoms with E-state index in [9.17, 15) is 14.7 Å². The van der Waals surface area contributed by atoms with Crippen LogP contribution in [0.25, 0.3) is 0 Å². The number of benzene rings is 1. The van der Waals surface area contributed by atoms with Crippen LogP contribution in [-0.2, 0) is 16.0 Å². The summed E-state index contributed by atoms with van der Waals surface area (Å²) in [6.45, 7) is 2.51. The number of ether oxygens (including phenoxy) is 2. The quantitative estimate of drug-likeness (QED) is 0.799. The van der Waals surface area contributed by atoms with Gasteiger partial charge in [0, 0.05) is 18.2 Å². The van der Waals surface area contributed by atoms with E-state index in [1.165, 1.54) is 0 Å². The van der Waals surface area contributed by atoms with Crippen LogP contribution in [0.4, 0.5) is 0 Å². The van der Waals surface area contributed by atoms with Gasteiger partial charge in [0.15, 0.2) is 11.5 Å². The van der Waals surface area contributed by atoms with Gasteiger partial charge in [-0.05, 0) is 35.9 Å². The number of hydrogen-bond acceptors (Lipinski definition) is 5. The third-order valence-electron chi connectivity index (χ3n) is 4.56. The Kier molecular flexibility index (Phi) is 6.58. The number of rotatable bonds is 7. The number of carbonyl (C=O) groups excluding carboxylic acids is 1. The Bertz CT molecular complexity index is 649. The minimum absolute atomic E-state index is 0.00599. The fourth-order valence-electron chi connectivity index (χ4n) is 3.16.